The number of amides is 1. The number of nitrogens with one attached hydrogen (secondary N) is 2. The molecule has 7 heteroatoms. The molecule has 0 bridgehead atoms. The van der Waals surface area contributed by atoms with Crippen LogP contribution in [-0.4, -0.2) is 56.0 Å². The minimum Gasteiger partial charge on any atom is -0.355 e. The average molecular weight is 292 g/mol. The highest BCUT2D eigenvalue weighted by atomic mass is 32.2. The monoisotopic (exact) mass is 292 g/mol. The summed E-state index contributed by atoms with van der Waals surface area (Å²) < 4.78 is 22.9. The van der Waals surface area contributed by atoms with E-state index in [1.165, 1.54) is 18.6 Å². The quantitative estimate of drug-likeness (QED) is 0.749. The second-order valence-corrected chi connectivity index (χ2v) is 8.55. The number of carbonyl (C=O) groups is 1. The van der Waals surface area contributed by atoms with E-state index < -0.39 is 9.84 Å². The first-order valence-electron chi connectivity index (χ1n) is 6.37. The van der Waals surface area contributed by atoms with Crippen molar-refractivity contribution in [2.75, 3.05) is 30.3 Å². The van der Waals surface area contributed by atoms with Crippen LogP contribution in [0.15, 0.2) is 0 Å². The number of hydrogen-bond acceptors (Lipinski definition) is 5. The molecule has 0 aromatic carbocycles. The predicted molar refractivity (Wildman–Crippen MR) is 73.6 cm³/mol. The maximum Gasteiger partial charge on any atom is 0.221 e. The summed E-state index contributed by atoms with van der Waals surface area (Å²) in [5.74, 6) is 1.41. The molecule has 0 radical (unpaired) electrons. The molecule has 5 nitrogen and oxygen atoms in total. The van der Waals surface area contributed by atoms with Gasteiger partial charge in [0.05, 0.1) is 11.5 Å². The molecule has 2 rings (SSSR count). The van der Waals surface area contributed by atoms with Gasteiger partial charge in [0.25, 0.3) is 0 Å². The molecule has 0 aromatic rings. The Morgan fingerprint density at radius 2 is 2.28 bits per heavy atom. The molecule has 2 unspecified atom stereocenters. The van der Waals surface area contributed by atoms with Gasteiger partial charge in [-0.3, -0.25) is 4.79 Å². The van der Waals surface area contributed by atoms with Crippen molar-refractivity contribution >= 4 is 27.5 Å². The first kappa shape index (κ1) is 14.1. The third kappa shape index (κ3) is 4.44. The largest absolute Gasteiger partial charge is 0.355 e. The molecule has 104 valence electrons. The van der Waals surface area contributed by atoms with E-state index in [1.54, 1.807) is 0 Å². The summed E-state index contributed by atoms with van der Waals surface area (Å²) in [6.45, 7) is 1.17. The van der Waals surface area contributed by atoms with Crippen LogP contribution >= 0.6 is 11.8 Å². The van der Waals surface area contributed by atoms with Gasteiger partial charge in [-0.25, -0.2) is 8.42 Å². The molecule has 2 heterocycles. The van der Waals surface area contributed by atoms with Gasteiger partial charge >= 0.3 is 0 Å². The molecule has 2 saturated heterocycles. The van der Waals surface area contributed by atoms with Crippen LogP contribution in [0.4, 0.5) is 0 Å². The number of carbonyl (C=O) groups excluding carboxylic acids is 1. The van der Waals surface area contributed by atoms with Gasteiger partial charge < -0.3 is 10.6 Å². The van der Waals surface area contributed by atoms with E-state index in [2.05, 4.69) is 10.6 Å². The Kier molecular flexibility index (Phi) is 4.91. The van der Waals surface area contributed by atoms with Gasteiger partial charge in [-0.15, -0.1) is 0 Å². The Labute approximate surface area is 112 Å². The van der Waals surface area contributed by atoms with Crippen molar-refractivity contribution in [3.05, 3.63) is 0 Å². The maximum atomic E-state index is 11.7. The van der Waals surface area contributed by atoms with Crippen LogP contribution in [0, 0.1) is 0 Å². The van der Waals surface area contributed by atoms with E-state index >= 15 is 0 Å². The van der Waals surface area contributed by atoms with Crippen LogP contribution in [0.5, 0.6) is 0 Å². The fourth-order valence-corrected chi connectivity index (χ4v) is 4.97. The molecule has 2 fully saturated rings. The van der Waals surface area contributed by atoms with Crippen LogP contribution in [0.1, 0.15) is 19.3 Å². The molecule has 2 aliphatic rings. The summed E-state index contributed by atoms with van der Waals surface area (Å²) in [6, 6.07) is -0.222. The highest BCUT2D eigenvalue weighted by molar-refractivity contribution is 8.00. The Balaban J connectivity index is 1.70. The van der Waals surface area contributed by atoms with Crippen LogP contribution < -0.4 is 10.6 Å². The van der Waals surface area contributed by atoms with Crippen LogP contribution in [0.25, 0.3) is 0 Å². The molecule has 18 heavy (non-hydrogen) atoms. The molecule has 1 amide bonds. The van der Waals surface area contributed by atoms with Crippen LogP contribution in [0.3, 0.4) is 0 Å². The molecule has 2 aliphatic heterocycles. The van der Waals surface area contributed by atoms with Crippen molar-refractivity contribution in [2.45, 2.75) is 30.6 Å². The summed E-state index contributed by atoms with van der Waals surface area (Å²) >= 11 is 1.90. The smallest absolute Gasteiger partial charge is 0.221 e. The number of thioether (sulfide) groups is 1. The third-order valence-electron chi connectivity index (χ3n) is 3.28. The van der Waals surface area contributed by atoms with Crippen molar-refractivity contribution in [3.63, 3.8) is 0 Å². The van der Waals surface area contributed by atoms with E-state index in [0.717, 1.165) is 0 Å². The van der Waals surface area contributed by atoms with E-state index in [-0.39, 0.29) is 29.9 Å². The van der Waals surface area contributed by atoms with Gasteiger partial charge in [0.1, 0.15) is 0 Å². The maximum absolute atomic E-state index is 11.7. The summed E-state index contributed by atoms with van der Waals surface area (Å²) in [4.78, 5) is 11.7. The third-order valence-corrected chi connectivity index (χ3v) is 6.42. The van der Waals surface area contributed by atoms with E-state index in [1.807, 2.05) is 11.8 Å². The van der Waals surface area contributed by atoms with Gasteiger partial charge in [-0.1, -0.05) is 0 Å². The molecule has 0 aromatic heterocycles. The summed E-state index contributed by atoms with van der Waals surface area (Å²) in [6.07, 6.45) is 2.66. The highest BCUT2D eigenvalue weighted by Gasteiger charge is 2.26. The lowest BCUT2D eigenvalue weighted by atomic mass is 10.2. The fourth-order valence-electron chi connectivity index (χ4n) is 2.33. The minimum atomic E-state index is -2.95. The zero-order chi connectivity index (χ0) is 13.0. The topological polar surface area (TPSA) is 75.3 Å². The van der Waals surface area contributed by atoms with Crippen LogP contribution in [0.2, 0.25) is 0 Å². The number of rotatable bonds is 4. The zero-order valence-electron chi connectivity index (χ0n) is 10.4. The van der Waals surface area contributed by atoms with E-state index in [9.17, 15) is 13.2 Å². The van der Waals surface area contributed by atoms with Gasteiger partial charge in [0.15, 0.2) is 9.84 Å². The first-order valence-corrected chi connectivity index (χ1v) is 9.24. The Morgan fingerprint density at radius 3 is 2.94 bits per heavy atom. The molecule has 0 spiro atoms. The van der Waals surface area contributed by atoms with Gasteiger partial charge in [0.2, 0.25) is 5.91 Å². The Morgan fingerprint density at radius 1 is 1.44 bits per heavy atom. The van der Waals surface area contributed by atoms with Gasteiger partial charge in [-0.05, 0) is 18.6 Å². The SMILES string of the molecule is O=C(CC1CS(=O)(=O)CCN1)NCC1CCCS1. The molecule has 0 aliphatic carbocycles. The summed E-state index contributed by atoms with van der Waals surface area (Å²) in [5, 5.41) is 6.53. The molecule has 2 atom stereocenters. The van der Waals surface area contributed by atoms with Crippen molar-refractivity contribution in [1.82, 2.24) is 10.6 Å². The van der Waals surface area contributed by atoms with Crippen molar-refractivity contribution in [3.8, 4) is 0 Å². The Hall–Kier alpha value is -0.270. The standard InChI is InChI=1S/C11H20N2O3S2/c14-11(13-7-10-2-1-4-17-10)6-9-8-18(15,16)5-3-12-9/h9-10,12H,1-8H2,(H,13,14). The predicted octanol–water partition coefficient (Wildman–Crippen LogP) is -0.225. The van der Waals surface area contributed by atoms with E-state index in [0.29, 0.717) is 18.3 Å². The second-order valence-electron chi connectivity index (χ2n) is 4.91. The lowest BCUT2D eigenvalue weighted by Crippen LogP contribution is -2.47. The number of sulfone groups is 1. The van der Waals surface area contributed by atoms with E-state index in [4.69, 9.17) is 0 Å². The lowest BCUT2D eigenvalue weighted by molar-refractivity contribution is -0.121. The molecule has 2 N–H and O–H groups in total. The van der Waals surface area contributed by atoms with Crippen molar-refractivity contribution in [1.29, 1.82) is 0 Å². The first-order chi connectivity index (χ1) is 8.55. The van der Waals surface area contributed by atoms with Crippen molar-refractivity contribution < 1.29 is 13.2 Å². The minimum absolute atomic E-state index is 0.0444. The normalized spacial score (nSPS) is 31.1. The molecular weight excluding hydrogens is 272 g/mol. The van der Waals surface area contributed by atoms with Crippen LogP contribution in [-0.2, 0) is 14.6 Å². The fraction of sp³-hybridized carbons (Fsp3) is 0.909. The molecule has 0 saturated carbocycles. The van der Waals surface area contributed by atoms with Gasteiger partial charge in [0, 0.05) is 30.8 Å². The van der Waals surface area contributed by atoms with Gasteiger partial charge in [-0.2, -0.15) is 11.8 Å². The second kappa shape index (κ2) is 6.25. The molecular formula is C11H20N2O3S2. The Bertz CT molecular complexity index is 391. The summed E-state index contributed by atoms with van der Waals surface area (Å²) in [7, 11) is -2.95. The zero-order valence-corrected chi connectivity index (χ0v) is 12.0. The highest BCUT2D eigenvalue weighted by Crippen LogP contribution is 2.25. The average Bonchev–Trinajstić information content (AvgIpc) is 2.77. The summed E-state index contributed by atoms with van der Waals surface area (Å²) in [5.41, 5.74) is 0. The lowest BCUT2D eigenvalue weighted by Gasteiger charge is -2.23. The van der Waals surface area contributed by atoms with Crippen molar-refractivity contribution in [2.24, 2.45) is 0 Å². The number of hydrogen-bond donors (Lipinski definition) is 2.